The highest BCUT2D eigenvalue weighted by Crippen LogP contribution is 2.49. The summed E-state index contributed by atoms with van der Waals surface area (Å²) in [5.74, 6) is 2.08. The number of esters is 1. The van der Waals surface area contributed by atoms with Crippen LogP contribution in [0.5, 0.6) is 23.0 Å². The van der Waals surface area contributed by atoms with Gasteiger partial charge in [-0.1, -0.05) is 0 Å². The van der Waals surface area contributed by atoms with Gasteiger partial charge in [-0.05, 0) is 48.9 Å². The number of ether oxygens (including phenoxy) is 5. The predicted octanol–water partition coefficient (Wildman–Crippen LogP) is 3.16. The Morgan fingerprint density at radius 3 is 2.03 bits per heavy atom. The molecule has 2 aromatic carbocycles. The maximum atomic E-state index is 12.6. The molecule has 7 heteroatoms. The van der Waals surface area contributed by atoms with Crippen LogP contribution in [0.15, 0.2) is 24.3 Å². The zero-order chi connectivity index (χ0) is 20.7. The smallest absolute Gasteiger partial charge is 0.339 e. The van der Waals surface area contributed by atoms with Crippen LogP contribution in [-0.4, -0.2) is 52.9 Å². The van der Waals surface area contributed by atoms with Gasteiger partial charge >= 0.3 is 5.97 Å². The predicted molar refractivity (Wildman–Crippen MR) is 106 cm³/mol. The lowest BCUT2D eigenvalue weighted by molar-refractivity contribution is 0.00935. The van der Waals surface area contributed by atoms with Gasteiger partial charge in [0.15, 0.2) is 23.0 Å². The molecule has 2 aliphatic rings. The van der Waals surface area contributed by atoms with Gasteiger partial charge in [-0.25, -0.2) is 4.79 Å². The van der Waals surface area contributed by atoms with E-state index in [1.54, 1.807) is 34.5 Å². The van der Waals surface area contributed by atoms with Crippen LogP contribution in [0.4, 0.5) is 0 Å². The Hall–Kier alpha value is -2.93. The molecule has 0 fully saturated rings. The van der Waals surface area contributed by atoms with Gasteiger partial charge in [0.25, 0.3) is 0 Å². The Labute approximate surface area is 170 Å². The Morgan fingerprint density at radius 1 is 0.862 bits per heavy atom. The number of carbonyl (C=O) groups is 1. The van der Waals surface area contributed by atoms with E-state index in [2.05, 4.69) is 4.90 Å². The zero-order valence-electron chi connectivity index (χ0n) is 17.3. The van der Waals surface area contributed by atoms with Gasteiger partial charge in [0.1, 0.15) is 6.10 Å². The quantitative estimate of drug-likeness (QED) is 0.716. The third-order valence-corrected chi connectivity index (χ3v) is 5.78. The van der Waals surface area contributed by atoms with Crippen molar-refractivity contribution in [1.29, 1.82) is 0 Å². The number of hydrogen-bond donors (Lipinski definition) is 0. The molecule has 0 N–H and O–H groups in total. The van der Waals surface area contributed by atoms with Crippen LogP contribution < -0.4 is 18.9 Å². The van der Waals surface area contributed by atoms with Crippen molar-refractivity contribution in [3.63, 3.8) is 0 Å². The first-order valence-corrected chi connectivity index (χ1v) is 9.44. The number of likely N-dealkylation sites (N-methyl/N-ethyl adjacent to an activating group) is 1. The van der Waals surface area contributed by atoms with Gasteiger partial charge in [0.05, 0.1) is 40.0 Å². The molecule has 0 saturated carbocycles. The molecule has 154 valence electrons. The van der Waals surface area contributed by atoms with Crippen LogP contribution in [0.3, 0.4) is 0 Å². The van der Waals surface area contributed by atoms with Crippen molar-refractivity contribution in [2.24, 2.45) is 0 Å². The second kappa shape index (κ2) is 7.48. The largest absolute Gasteiger partial charge is 0.493 e. The number of fused-ring (bicyclic) bond motifs is 2. The van der Waals surface area contributed by atoms with Gasteiger partial charge in [-0.3, -0.25) is 4.90 Å². The number of carbonyl (C=O) groups excluding carboxylic acids is 1. The summed E-state index contributed by atoms with van der Waals surface area (Å²) in [5, 5.41) is 0. The Balaban J connectivity index is 1.84. The van der Waals surface area contributed by atoms with Gasteiger partial charge in [-0.2, -0.15) is 0 Å². The number of hydrogen-bond acceptors (Lipinski definition) is 7. The topological polar surface area (TPSA) is 66.5 Å². The summed E-state index contributed by atoms with van der Waals surface area (Å²) in [6.45, 7) is 0.837. The molecule has 29 heavy (non-hydrogen) atoms. The molecule has 0 amide bonds. The fourth-order valence-corrected chi connectivity index (χ4v) is 4.28. The summed E-state index contributed by atoms with van der Waals surface area (Å²) in [6.07, 6.45) is 0.418. The van der Waals surface area contributed by atoms with E-state index in [4.69, 9.17) is 23.7 Å². The molecule has 0 aromatic heterocycles. The summed E-state index contributed by atoms with van der Waals surface area (Å²) >= 11 is 0. The van der Waals surface area contributed by atoms with Crippen molar-refractivity contribution in [1.82, 2.24) is 4.90 Å². The lowest BCUT2D eigenvalue weighted by Crippen LogP contribution is -2.36. The van der Waals surface area contributed by atoms with Crippen molar-refractivity contribution in [3.05, 3.63) is 46.5 Å². The standard InChI is InChI=1S/C22H25NO6/c1-23-7-6-12-8-16(25-2)17(26-3)9-13(12)20(23)21-14-10-18(27-4)19(28-5)11-15(14)22(24)29-21/h8-11,20-21H,6-7H2,1-5H3/t20-,21-/m1/s1. The van der Waals surface area contributed by atoms with Crippen molar-refractivity contribution < 1.29 is 28.5 Å². The minimum absolute atomic E-state index is 0.151. The SMILES string of the molecule is COc1cc2c(cc1OC)[C@H]([C@@H]1OC(=O)c3cc(OC)c(OC)cc31)N(C)CC2. The number of rotatable bonds is 5. The molecule has 0 spiro atoms. The molecule has 0 unspecified atom stereocenters. The fourth-order valence-electron chi connectivity index (χ4n) is 4.28. The maximum Gasteiger partial charge on any atom is 0.339 e. The van der Waals surface area contributed by atoms with Crippen LogP contribution in [0.2, 0.25) is 0 Å². The second-order valence-corrected chi connectivity index (χ2v) is 7.20. The maximum absolute atomic E-state index is 12.6. The third-order valence-electron chi connectivity index (χ3n) is 5.78. The van der Waals surface area contributed by atoms with E-state index in [0.29, 0.717) is 28.6 Å². The van der Waals surface area contributed by atoms with Crippen LogP contribution >= 0.6 is 0 Å². The molecule has 0 bridgehead atoms. The van der Waals surface area contributed by atoms with Crippen molar-refractivity contribution in [2.45, 2.75) is 18.6 Å². The third kappa shape index (κ3) is 3.06. The van der Waals surface area contributed by atoms with Gasteiger partial charge in [0.2, 0.25) is 0 Å². The lowest BCUT2D eigenvalue weighted by atomic mass is 9.86. The van der Waals surface area contributed by atoms with E-state index in [1.165, 1.54) is 0 Å². The molecule has 4 rings (SSSR count). The van der Waals surface area contributed by atoms with E-state index >= 15 is 0 Å². The second-order valence-electron chi connectivity index (χ2n) is 7.20. The van der Waals surface area contributed by atoms with Crippen molar-refractivity contribution in [2.75, 3.05) is 42.0 Å². The highest BCUT2D eigenvalue weighted by Gasteiger charge is 2.42. The molecule has 2 aromatic rings. The summed E-state index contributed by atoms with van der Waals surface area (Å²) in [5.41, 5.74) is 3.54. The van der Waals surface area contributed by atoms with Crippen molar-refractivity contribution in [3.8, 4) is 23.0 Å². The fraction of sp³-hybridized carbons (Fsp3) is 0.409. The van der Waals surface area contributed by atoms with E-state index in [0.717, 1.165) is 29.7 Å². The molecular formula is C22H25NO6. The van der Waals surface area contributed by atoms with Crippen molar-refractivity contribution >= 4 is 5.97 Å². The number of cyclic esters (lactones) is 1. The Bertz CT molecular complexity index is 957. The van der Waals surface area contributed by atoms with Gasteiger partial charge in [0, 0.05) is 12.1 Å². The van der Waals surface area contributed by atoms with Crippen LogP contribution in [0.1, 0.15) is 39.2 Å². The minimum Gasteiger partial charge on any atom is -0.493 e. The molecule has 2 heterocycles. The molecule has 7 nitrogen and oxygen atoms in total. The Kier molecular flexibility index (Phi) is 5.00. The zero-order valence-corrected chi connectivity index (χ0v) is 17.3. The molecule has 0 saturated heterocycles. The van der Waals surface area contributed by atoms with E-state index in [9.17, 15) is 4.79 Å². The first kappa shape index (κ1) is 19.4. The first-order chi connectivity index (χ1) is 14.0. The summed E-state index contributed by atoms with van der Waals surface area (Å²) < 4.78 is 27.7. The molecule has 2 atom stereocenters. The summed E-state index contributed by atoms with van der Waals surface area (Å²) in [6, 6.07) is 7.38. The number of methoxy groups -OCH3 is 4. The number of benzene rings is 2. The monoisotopic (exact) mass is 399 g/mol. The average molecular weight is 399 g/mol. The van der Waals surface area contributed by atoms with Gasteiger partial charge < -0.3 is 23.7 Å². The lowest BCUT2D eigenvalue weighted by Gasteiger charge is -2.38. The normalized spacial score (nSPS) is 20.5. The Morgan fingerprint density at radius 2 is 1.41 bits per heavy atom. The number of nitrogens with zero attached hydrogens (tertiary/aromatic N) is 1. The van der Waals surface area contributed by atoms with Crippen LogP contribution in [0.25, 0.3) is 0 Å². The van der Waals surface area contributed by atoms with Crippen LogP contribution in [-0.2, 0) is 11.2 Å². The summed E-state index contributed by atoms with van der Waals surface area (Å²) in [7, 11) is 8.42. The van der Waals surface area contributed by atoms with Crippen LogP contribution in [0, 0.1) is 0 Å². The van der Waals surface area contributed by atoms with E-state index in [-0.39, 0.29) is 12.0 Å². The first-order valence-electron chi connectivity index (χ1n) is 9.44. The molecule has 2 aliphatic heterocycles. The summed E-state index contributed by atoms with van der Waals surface area (Å²) in [4.78, 5) is 14.9. The minimum atomic E-state index is -0.459. The van der Waals surface area contributed by atoms with E-state index in [1.807, 2.05) is 25.2 Å². The van der Waals surface area contributed by atoms with E-state index < -0.39 is 6.10 Å². The molecule has 0 radical (unpaired) electrons. The highest BCUT2D eigenvalue weighted by atomic mass is 16.6. The average Bonchev–Trinajstić information content (AvgIpc) is 3.06. The van der Waals surface area contributed by atoms with Gasteiger partial charge in [-0.15, -0.1) is 0 Å². The molecular weight excluding hydrogens is 374 g/mol. The highest BCUT2D eigenvalue weighted by molar-refractivity contribution is 5.95. The molecule has 0 aliphatic carbocycles.